The summed E-state index contributed by atoms with van der Waals surface area (Å²) in [6.07, 6.45) is 2.79. The smallest absolute Gasteiger partial charge is 0.246 e. The summed E-state index contributed by atoms with van der Waals surface area (Å²) in [5, 5.41) is 0. The Bertz CT molecular complexity index is 618. The first-order valence-corrected chi connectivity index (χ1v) is 10.6. The number of carbonyl (C=O) groups excluding carboxylic acids is 2. The van der Waals surface area contributed by atoms with Crippen LogP contribution in [0.25, 0.3) is 0 Å². The fraction of sp³-hybridized carbons (Fsp3) is 0.667. The van der Waals surface area contributed by atoms with Crippen molar-refractivity contribution in [2.45, 2.75) is 0 Å². The van der Waals surface area contributed by atoms with Gasteiger partial charge in [-0.05, 0) is 12.2 Å². The van der Waals surface area contributed by atoms with Gasteiger partial charge in [-0.1, -0.05) is 13.2 Å². The van der Waals surface area contributed by atoms with Gasteiger partial charge in [0.2, 0.25) is 11.8 Å². The Labute approximate surface area is 174 Å². The summed E-state index contributed by atoms with van der Waals surface area (Å²) in [7, 11) is 3.59. The topological polar surface area (TPSA) is 121 Å². The van der Waals surface area contributed by atoms with Crippen molar-refractivity contribution in [3.05, 3.63) is 25.3 Å². The predicted octanol–water partition coefficient (Wildman–Crippen LogP) is -1.16. The largest absolute Gasteiger partial charge is 0.759 e. The molecule has 0 aromatic heterocycles. The second-order valence-corrected chi connectivity index (χ2v) is 9.05. The number of rotatable bonds is 2. The van der Waals surface area contributed by atoms with E-state index in [2.05, 4.69) is 41.3 Å². The molecule has 0 bridgehead atoms. The fourth-order valence-electron chi connectivity index (χ4n) is 2.71. The van der Waals surface area contributed by atoms with Crippen LogP contribution in [0, 0.1) is 0 Å². The minimum Gasteiger partial charge on any atom is -0.759 e. The number of amides is 2. The second kappa shape index (κ2) is 11.4. The van der Waals surface area contributed by atoms with Gasteiger partial charge in [0.15, 0.2) is 0 Å². The molecule has 0 radical (unpaired) electrons. The Morgan fingerprint density at radius 2 is 0.966 bits per heavy atom. The van der Waals surface area contributed by atoms with Crippen LogP contribution in [0.5, 0.6) is 0 Å². The maximum absolute atomic E-state index is 11.2. The third-order valence-electron chi connectivity index (χ3n) is 4.87. The summed E-state index contributed by atoms with van der Waals surface area (Å²) in [6, 6.07) is 0. The van der Waals surface area contributed by atoms with Gasteiger partial charge in [0.1, 0.15) is 0 Å². The summed E-state index contributed by atoms with van der Waals surface area (Å²) in [5.41, 5.74) is 0. The van der Waals surface area contributed by atoms with Crippen LogP contribution in [0.15, 0.2) is 25.3 Å². The summed E-state index contributed by atoms with van der Waals surface area (Å²) in [4.78, 5) is 26.1. The van der Waals surface area contributed by atoms with Crippen molar-refractivity contribution in [2.24, 2.45) is 0 Å². The highest BCUT2D eigenvalue weighted by Crippen LogP contribution is 2.07. The molecule has 2 saturated heterocycles. The molecule has 0 spiro atoms. The van der Waals surface area contributed by atoms with E-state index in [0.717, 1.165) is 61.3 Å². The number of piperazine rings is 2. The number of quaternary nitrogens is 2. The quantitative estimate of drug-likeness (QED) is 0.234. The van der Waals surface area contributed by atoms with Gasteiger partial charge in [-0.3, -0.25) is 18.0 Å². The predicted molar refractivity (Wildman–Crippen MR) is 108 cm³/mol. The monoisotopic (exact) mass is 434 g/mol. The van der Waals surface area contributed by atoms with Crippen LogP contribution in [0.2, 0.25) is 0 Å². The molecule has 11 heteroatoms. The molecule has 168 valence electrons. The van der Waals surface area contributed by atoms with Gasteiger partial charge in [-0.25, -0.2) is 0 Å². The molecule has 29 heavy (non-hydrogen) atoms. The molecule has 0 aromatic rings. The molecule has 2 amide bonds. The zero-order valence-corrected chi connectivity index (χ0v) is 18.7. The first kappa shape index (κ1) is 27.2. The average Bonchev–Trinajstić information content (AvgIpc) is 2.59. The number of nitrogens with zero attached hydrogens (tertiary/aromatic N) is 4. The lowest BCUT2D eigenvalue weighted by Gasteiger charge is -2.38. The molecule has 0 aromatic carbocycles. The van der Waals surface area contributed by atoms with E-state index in [1.807, 2.05) is 9.80 Å². The van der Waals surface area contributed by atoms with Crippen molar-refractivity contribution in [2.75, 3.05) is 80.5 Å². The molecule has 0 atom stereocenters. The van der Waals surface area contributed by atoms with Crippen LogP contribution in [-0.2, 0) is 20.0 Å². The van der Waals surface area contributed by atoms with Gasteiger partial charge in [0.25, 0.3) is 0 Å². The van der Waals surface area contributed by atoms with Gasteiger partial charge in [-0.15, -0.1) is 0 Å². The van der Waals surface area contributed by atoms with Crippen molar-refractivity contribution < 1.29 is 36.1 Å². The van der Waals surface area contributed by atoms with Crippen molar-refractivity contribution in [3.8, 4) is 0 Å². The molecule has 0 aliphatic carbocycles. The van der Waals surface area contributed by atoms with Crippen molar-refractivity contribution in [3.63, 3.8) is 0 Å². The normalized spacial score (nSPS) is 20.2. The molecule has 2 fully saturated rings. The van der Waals surface area contributed by atoms with Crippen molar-refractivity contribution in [1.29, 1.82) is 0 Å². The zero-order valence-electron chi connectivity index (χ0n) is 17.9. The van der Waals surface area contributed by atoms with E-state index in [4.69, 9.17) is 17.5 Å². The van der Waals surface area contributed by atoms with Crippen LogP contribution in [0.3, 0.4) is 0 Å². The lowest BCUT2D eigenvalue weighted by Crippen LogP contribution is -2.55. The molecule has 10 nitrogen and oxygen atoms in total. The molecule has 2 heterocycles. The van der Waals surface area contributed by atoms with Gasteiger partial charge >= 0.3 is 0 Å². The van der Waals surface area contributed by atoms with Gasteiger partial charge in [0, 0.05) is 10.4 Å². The highest BCUT2D eigenvalue weighted by atomic mass is 32.3. The number of likely N-dealkylation sites (N-methyl/N-ethyl adjacent to an activating group) is 2. The van der Waals surface area contributed by atoms with Gasteiger partial charge < -0.3 is 27.9 Å². The fourth-order valence-corrected chi connectivity index (χ4v) is 2.71. The Balaban J connectivity index is 0.000000442. The summed E-state index contributed by atoms with van der Waals surface area (Å²) in [5.74, 6) is 0.129. The van der Waals surface area contributed by atoms with Gasteiger partial charge in [-0.2, -0.15) is 0 Å². The van der Waals surface area contributed by atoms with Gasteiger partial charge in [0.05, 0.1) is 80.5 Å². The molecule has 2 rings (SSSR count). The number of carbonyl (C=O) groups is 2. The SMILES string of the molecule is C=CC(=O)N1CC[N+](C)(C)CC1.C=CC(=O)N1CC[N+](C)(C)CC1.O=S(=O)([O-])[O-]. The maximum Gasteiger partial charge on any atom is 0.246 e. The Morgan fingerprint density at radius 3 is 1.14 bits per heavy atom. The first-order valence-electron chi connectivity index (χ1n) is 9.23. The second-order valence-electron chi connectivity index (χ2n) is 8.23. The standard InChI is InChI=1S/2C9H17N2O.H2O4S/c2*1-4-9(12)10-5-7-11(2,3)8-6-10;1-5(2,3)4/h2*4H,1,5-8H2,2-3H3;(H2,1,2,3,4)/q2*+1;/p-2. The molecule has 2 aliphatic rings. The van der Waals surface area contributed by atoms with E-state index in [-0.39, 0.29) is 11.8 Å². The van der Waals surface area contributed by atoms with E-state index in [0.29, 0.717) is 0 Å². The third kappa shape index (κ3) is 13.1. The minimum absolute atomic E-state index is 0.0645. The van der Waals surface area contributed by atoms with E-state index >= 15 is 0 Å². The van der Waals surface area contributed by atoms with Crippen LogP contribution in [-0.4, -0.2) is 129 Å². The summed E-state index contributed by atoms with van der Waals surface area (Å²) in [6.45, 7) is 14.6. The Hall–Kier alpha value is -1.79. The molecule has 0 N–H and O–H groups in total. The molecule has 0 unspecified atom stereocenters. The van der Waals surface area contributed by atoms with Crippen molar-refractivity contribution >= 4 is 22.2 Å². The van der Waals surface area contributed by atoms with E-state index in [1.165, 1.54) is 12.2 Å². The zero-order chi connectivity index (χ0) is 22.9. The Morgan fingerprint density at radius 1 is 0.759 bits per heavy atom. The van der Waals surface area contributed by atoms with Crippen molar-refractivity contribution in [1.82, 2.24) is 9.80 Å². The highest BCUT2D eigenvalue weighted by Gasteiger charge is 2.26. The lowest BCUT2D eigenvalue weighted by atomic mass is 10.3. The van der Waals surface area contributed by atoms with Crippen LogP contribution in [0.1, 0.15) is 0 Å². The van der Waals surface area contributed by atoms with E-state index < -0.39 is 10.4 Å². The third-order valence-corrected chi connectivity index (χ3v) is 4.87. The van der Waals surface area contributed by atoms with Crippen LogP contribution < -0.4 is 0 Å². The summed E-state index contributed by atoms with van der Waals surface area (Å²) < 4.78 is 36.1. The van der Waals surface area contributed by atoms with Crippen LogP contribution >= 0.6 is 0 Å². The number of hydrogen-bond acceptors (Lipinski definition) is 6. The van der Waals surface area contributed by atoms with E-state index in [1.54, 1.807) is 0 Å². The average molecular weight is 435 g/mol. The Kier molecular flexibility index (Phi) is 10.7. The summed E-state index contributed by atoms with van der Waals surface area (Å²) >= 11 is 0. The lowest BCUT2D eigenvalue weighted by molar-refractivity contribution is -0.894. The van der Waals surface area contributed by atoms with E-state index in [9.17, 15) is 9.59 Å². The minimum atomic E-state index is -5.17. The molecule has 2 aliphatic heterocycles. The number of hydrogen-bond donors (Lipinski definition) is 0. The molecular formula is C18H34N4O6S. The maximum atomic E-state index is 11.2. The first-order chi connectivity index (χ1) is 13.1. The molecular weight excluding hydrogens is 400 g/mol. The van der Waals surface area contributed by atoms with Crippen LogP contribution in [0.4, 0.5) is 0 Å². The highest BCUT2D eigenvalue weighted by molar-refractivity contribution is 7.79. The molecule has 0 saturated carbocycles.